The predicted octanol–water partition coefficient (Wildman–Crippen LogP) is 14.1. The lowest BCUT2D eigenvalue weighted by molar-refractivity contribution is 0.669. The molecule has 11 rings (SSSR count). The normalized spacial score (nSPS) is 11.5. The summed E-state index contributed by atoms with van der Waals surface area (Å²) in [6.45, 7) is 0. The van der Waals surface area contributed by atoms with Crippen molar-refractivity contribution < 1.29 is 4.42 Å². The van der Waals surface area contributed by atoms with Crippen LogP contribution >= 0.6 is 0 Å². The van der Waals surface area contributed by atoms with Gasteiger partial charge in [-0.2, -0.15) is 0 Å². The van der Waals surface area contributed by atoms with Crippen molar-refractivity contribution in [3.8, 4) is 67.5 Å². The molecule has 11 aromatic rings. The van der Waals surface area contributed by atoms with Crippen LogP contribution < -0.4 is 0 Å². The number of furan rings is 1. The molecule has 4 nitrogen and oxygen atoms in total. The Morgan fingerprint density at radius 2 is 0.825 bits per heavy atom. The van der Waals surface area contributed by atoms with Gasteiger partial charge in [0.2, 0.25) is 0 Å². The smallest absolute Gasteiger partial charge is 0.164 e. The van der Waals surface area contributed by atoms with Crippen LogP contribution in [0.25, 0.3) is 111 Å². The third-order valence-corrected chi connectivity index (χ3v) is 10.9. The highest BCUT2D eigenvalue weighted by Crippen LogP contribution is 2.41. The summed E-state index contributed by atoms with van der Waals surface area (Å²) in [6.07, 6.45) is 0. The lowest BCUT2D eigenvalue weighted by Gasteiger charge is -2.15. The van der Waals surface area contributed by atoms with Gasteiger partial charge < -0.3 is 4.42 Å². The second-order valence-electron chi connectivity index (χ2n) is 14.4. The van der Waals surface area contributed by atoms with E-state index in [1.54, 1.807) is 0 Å². The van der Waals surface area contributed by atoms with E-state index in [1.165, 1.54) is 21.5 Å². The maximum atomic E-state index is 6.57. The molecular weight excluding hydrogens is 695 g/mol. The minimum Gasteiger partial charge on any atom is -0.456 e. The monoisotopic (exact) mass is 727 g/mol. The molecule has 0 aliphatic rings. The standard InChI is InChI=1S/C53H33N3O/c1-3-15-36(16-4-1)44-28-27-42(31-46(44)41-26-24-35-14-8-10-20-39(35)30-41)52-54-51(37-17-5-2-6-18-37)55-53(56-52)47-32-43(40-25-23-34-13-7-9-19-38(34)29-40)33-49-50(47)45-21-11-12-22-48(45)57-49/h1-33H. The Kier molecular flexibility index (Phi) is 7.78. The van der Waals surface area contributed by atoms with Gasteiger partial charge in [0.15, 0.2) is 17.5 Å². The molecule has 0 amide bonds. The van der Waals surface area contributed by atoms with Gasteiger partial charge in [-0.25, -0.2) is 15.0 Å². The number of aromatic nitrogens is 3. The Hall–Kier alpha value is -7.69. The molecule has 0 bridgehead atoms. The van der Waals surface area contributed by atoms with Crippen LogP contribution in [0.4, 0.5) is 0 Å². The fourth-order valence-electron chi connectivity index (χ4n) is 8.06. The van der Waals surface area contributed by atoms with Crippen molar-refractivity contribution in [3.63, 3.8) is 0 Å². The Balaban J connectivity index is 1.16. The number of rotatable bonds is 6. The van der Waals surface area contributed by atoms with Crippen molar-refractivity contribution in [3.05, 3.63) is 200 Å². The van der Waals surface area contributed by atoms with Gasteiger partial charge in [-0.15, -0.1) is 0 Å². The van der Waals surface area contributed by atoms with E-state index in [1.807, 2.05) is 30.3 Å². The fraction of sp³-hybridized carbons (Fsp3) is 0. The number of hydrogen-bond acceptors (Lipinski definition) is 4. The molecule has 0 saturated heterocycles. The van der Waals surface area contributed by atoms with Crippen LogP contribution in [-0.4, -0.2) is 15.0 Å². The molecule has 0 spiro atoms. The highest BCUT2D eigenvalue weighted by molar-refractivity contribution is 6.13. The first-order valence-electron chi connectivity index (χ1n) is 19.2. The summed E-state index contributed by atoms with van der Waals surface area (Å²) in [6, 6.07) is 70.0. The van der Waals surface area contributed by atoms with Crippen molar-refractivity contribution in [1.29, 1.82) is 0 Å². The first-order valence-corrected chi connectivity index (χ1v) is 19.2. The molecule has 0 unspecified atom stereocenters. The average Bonchev–Trinajstić information content (AvgIpc) is 3.67. The number of para-hydroxylation sites is 1. The topological polar surface area (TPSA) is 51.8 Å². The van der Waals surface area contributed by atoms with E-state index < -0.39 is 0 Å². The number of hydrogen-bond donors (Lipinski definition) is 0. The molecular formula is C53H33N3O. The van der Waals surface area contributed by atoms with E-state index in [0.717, 1.165) is 72.0 Å². The quantitative estimate of drug-likeness (QED) is 0.171. The maximum Gasteiger partial charge on any atom is 0.164 e. The summed E-state index contributed by atoms with van der Waals surface area (Å²) in [5.74, 6) is 1.78. The molecule has 0 fully saturated rings. The first kappa shape index (κ1) is 32.7. The van der Waals surface area contributed by atoms with Gasteiger partial charge in [0.1, 0.15) is 11.2 Å². The van der Waals surface area contributed by atoms with Gasteiger partial charge >= 0.3 is 0 Å². The van der Waals surface area contributed by atoms with E-state index in [2.05, 4.69) is 170 Å². The van der Waals surface area contributed by atoms with Gasteiger partial charge in [0.05, 0.1) is 0 Å². The fourth-order valence-corrected chi connectivity index (χ4v) is 8.06. The predicted molar refractivity (Wildman–Crippen MR) is 235 cm³/mol. The molecule has 0 aliphatic carbocycles. The molecule has 266 valence electrons. The highest BCUT2D eigenvalue weighted by Gasteiger charge is 2.21. The van der Waals surface area contributed by atoms with Crippen molar-refractivity contribution in [2.45, 2.75) is 0 Å². The molecule has 0 saturated carbocycles. The Morgan fingerprint density at radius 1 is 0.281 bits per heavy atom. The Morgan fingerprint density at radius 3 is 1.56 bits per heavy atom. The molecule has 2 heterocycles. The third-order valence-electron chi connectivity index (χ3n) is 10.9. The van der Waals surface area contributed by atoms with Gasteiger partial charge in [-0.1, -0.05) is 164 Å². The van der Waals surface area contributed by atoms with E-state index >= 15 is 0 Å². The molecule has 0 N–H and O–H groups in total. The summed E-state index contributed by atoms with van der Waals surface area (Å²) in [4.78, 5) is 15.8. The second-order valence-corrected chi connectivity index (χ2v) is 14.4. The number of nitrogens with zero attached hydrogens (tertiary/aromatic N) is 3. The van der Waals surface area contributed by atoms with Crippen molar-refractivity contribution in [1.82, 2.24) is 15.0 Å². The van der Waals surface area contributed by atoms with Gasteiger partial charge in [-0.05, 0) is 91.3 Å². The summed E-state index contributed by atoms with van der Waals surface area (Å²) >= 11 is 0. The van der Waals surface area contributed by atoms with E-state index in [0.29, 0.717) is 17.5 Å². The third kappa shape index (κ3) is 5.92. The molecule has 0 aliphatic heterocycles. The molecule has 9 aromatic carbocycles. The zero-order valence-electron chi connectivity index (χ0n) is 30.8. The van der Waals surface area contributed by atoms with Crippen molar-refractivity contribution in [2.24, 2.45) is 0 Å². The largest absolute Gasteiger partial charge is 0.456 e. The summed E-state index contributed by atoms with van der Waals surface area (Å²) in [7, 11) is 0. The minimum absolute atomic E-state index is 0.581. The van der Waals surface area contributed by atoms with Crippen LogP contribution in [0.15, 0.2) is 205 Å². The average molecular weight is 728 g/mol. The summed E-state index contributed by atoms with van der Waals surface area (Å²) in [5, 5.41) is 6.76. The minimum atomic E-state index is 0.581. The number of fused-ring (bicyclic) bond motifs is 5. The Labute approximate surface area is 329 Å². The van der Waals surface area contributed by atoms with Gasteiger partial charge in [0, 0.05) is 27.5 Å². The second kappa shape index (κ2) is 13.6. The van der Waals surface area contributed by atoms with Crippen molar-refractivity contribution >= 4 is 43.5 Å². The first-order chi connectivity index (χ1) is 28.2. The van der Waals surface area contributed by atoms with Crippen molar-refractivity contribution in [2.75, 3.05) is 0 Å². The number of benzene rings is 9. The lowest BCUT2D eigenvalue weighted by atomic mass is 9.91. The zero-order chi connectivity index (χ0) is 37.7. The van der Waals surface area contributed by atoms with E-state index in [4.69, 9.17) is 19.4 Å². The zero-order valence-corrected chi connectivity index (χ0v) is 30.8. The molecule has 0 atom stereocenters. The van der Waals surface area contributed by atoms with Crippen LogP contribution in [-0.2, 0) is 0 Å². The molecule has 0 radical (unpaired) electrons. The Bertz CT molecular complexity index is 3300. The summed E-state index contributed by atoms with van der Waals surface area (Å²) < 4.78 is 6.57. The lowest BCUT2D eigenvalue weighted by Crippen LogP contribution is -2.01. The van der Waals surface area contributed by atoms with Crippen LogP contribution in [0.3, 0.4) is 0 Å². The van der Waals surface area contributed by atoms with Crippen LogP contribution in [0.5, 0.6) is 0 Å². The van der Waals surface area contributed by atoms with Crippen LogP contribution in [0, 0.1) is 0 Å². The molecule has 2 aromatic heterocycles. The molecule has 57 heavy (non-hydrogen) atoms. The summed E-state index contributed by atoms with van der Waals surface area (Å²) in [5.41, 5.74) is 10.9. The highest BCUT2D eigenvalue weighted by atomic mass is 16.3. The van der Waals surface area contributed by atoms with E-state index in [9.17, 15) is 0 Å². The van der Waals surface area contributed by atoms with Gasteiger partial charge in [-0.3, -0.25) is 0 Å². The van der Waals surface area contributed by atoms with Crippen LogP contribution in [0.2, 0.25) is 0 Å². The maximum absolute atomic E-state index is 6.57. The van der Waals surface area contributed by atoms with Crippen LogP contribution in [0.1, 0.15) is 0 Å². The molecule has 4 heteroatoms. The van der Waals surface area contributed by atoms with Gasteiger partial charge in [0.25, 0.3) is 0 Å². The SMILES string of the molecule is c1ccc(-c2nc(-c3ccc(-c4ccccc4)c(-c4ccc5ccccc5c4)c3)nc(-c3cc(-c4ccc5ccccc5c4)cc4oc5ccccc5c34)n2)cc1. The van der Waals surface area contributed by atoms with E-state index in [-0.39, 0.29) is 0 Å².